The zero-order chi connectivity index (χ0) is 12.6. The summed E-state index contributed by atoms with van der Waals surface area (Å²) in [5.74, 6) is 2.77. The number of nitrogens with one attached hydrogen (secondary N) is 1. The van der Waals surface area contributed by atoms with Crippen LogP contribution in [-0.4, -0.2) is 23.2 Å². The van der Waals surface area contributed by atoms with Crippen LogP contribution in [0, 0.1) is 5.41 Å². The van der Waals surface area contributed by atoms with Gasteiger partial charge in [0.15, 0.2) is 5.82 Å². The number of hydrogen-bond donors (Lipinski definition) is 1. The number of aromatic nitrogens is 2. The summed E-state index contributed by atoms with van der Waals surface area (Å²) in [6.07, 6.45) is 6.01. The summed E-state index contributed by atoms with van der Waals surface area (Å²) >= 11 is 0. The molecule has 1 saturated heterocycles. The van der Waals surface area contributed by atoms with Crippen LogP contribution in [0.3, 0.4) is 0 Å². The summed E-state index contributed by atoms with van der Waals surface area (Å²) in [7, 11) is 0. The van der Waals surface area contributed by atoms with Crippen molar-refractivity contribution in [3.05, 3.63) is 11.7 Å². The number of piperidine rings is 1. The molecule has 1 aliphatic carbocycles. The molecule has 100 valence electrons. The number of hydrogen-bond acceptors (Lipinski definition) is 4. The lowest BCUT2D eigenvalue weighted by Crippen LogP contribution is -2.27. The van der Waals surface area contributed by atoms with Gasteiger partial charge in [0.2, 0.25) is 5.89 Å². The molecule has 18 heavy (non-hydrogen) atoms. The molecule has 0 bridgehead atoms. The molecule has 4 nitrogen and oxygen atoms in total. The van der Waals surface area contributed by atoms with Crippen molar-refractivity contribution in [3.8, 4) is 0 Å². The van der Waals surface area contributed by atoms with E-state index in [0.29, 0.717) is 17.3 Å². The first-order valence-electron chi connectivity index (χ1n) is 7.21. The Balaban J connectivity index is 1.76. The second kappa shape index (κ2) is 4.65. The second-order valence-electron chi connectivity index (χ2n) is 6.45. The van der Waals surface area contributed by atoms with Crippen molar-refractivity contribution >= 4 is 0 Å². The SMILES string of the molecule is CC1(C)CCCC1c1nc(C2CCNCC2)no1. The largest absolute Gasteiger partial charge is 0.339 e. The van der Waals surface area contributed by atoms with Crippen molar-refractivity contribution in [2.45, 2.75) is 57.8 Å². The van der Waals surface area contributed by atoms with Crippen molar-refractivity contribution in [3.63, 3.8) is 0 Å². The van der Waals surface area contributed by atoms with Gasteiger partial charge in [0.25, 0.3) is 0 Å². The van der Waals surface area contributed by atoms with Gasteiger partial charge >= 0.3 is 0 Å². The van der Waals surface area contributed by atoms with Gasteiger partial charge in [-0.2, -0.15) is 4.98 Å². The van der Waals surface area contributed by atoms with Crippen molar-refractivity contribution in [1.82, 2.24) is 15.5 Å². The van der Waals surface area contributed by atoms with Crippen LogP contribution in [0.25, 0.3) is 0 Å². The summed E-state index contributed by atoms with van der Waals surface area (Å²) in [6, 6.07) is 0. The molecule has 1 atom stereocenters. The van der Waals surface area contributed by atoms with Gasteiger partial charge in [0.1, 0.15) is 0 Å². The maximum Gasteiger partial charge on any atom is 0.230 e. The zero-order valence-electron chi connectivity index (χ0n) is 11.4. The normalized spacial score (nSPS) is 28.7. The summed E-state index contributed by atoms with van der Waals surface area (Å²) in [5, 5.41) is 7.61. The average Bonchev–Trinajstić information content (AvgIpc) is 2.96. The Bertz CT molecular complexity index is 407. The van der Waals surface area contributed by atoms with E-state index >= 15 is 0 Å². The topological polar surface area (TPSA) is 51.0 Å². The first-order valence-corrected chi connectivity index (χ1v) is 7.21. The second-order valence-corrected chi connectivity index (χ2v) is 6.45. The summed E-state index contributed by atoms with van der Waals surface area (Å²) in [6.45, 7) is 6.78. The van der Waals surface area contributed by atoms with Crippen LogP contribution in [-0.2, 0) is 0 Å². The van der Waals surface area contributed by atoms with Gasteiger partial charge in [-0.1, -0.05) is 25.4 Å². The highest BCUT2D eigenvalue weighted by atomic mass is 16.5. The predicted octanol–water partition coefficient (Wildman–Crippen LogP) is 2.83. The third-order valence-corrected chi connectivity index (χ3v) is 4.72. The van der Waals surface area contributed by atoms with Crippen molar-refractivity contribution in [2.75, 3.05) is 13.1 Å². The van der Waals surface area contributed by atoms with Crippen LogP contribution in [0.2, 0.25) is 0 Å². The molecule has 1 aromatic heterocycles. The highest BCUT2D eigenvalue weighted by Crippen LogP contribution is 2.48. The maximum atomic E-state index is 5.56. The van der Waals surface area contributed by atoms with Crippen LogP contribution < -0.4 is 5.32 Å². The highest BCUT2D eigenvalue weighted by molar-refractivity contribution is 5.06. The van der Waals surface area contributed by atoms with E-state index in [9.17, 15) is 0 Å². The molecular weight excluding hydrogens is 226 g/mol. The van der Waals surface area contributed by atoms with Gasteiger partial charge < -0.3 is 9.84 Å². The first-order chi connectivity index (χ1) is 8.67. The third kappa shape index (κ3) is 2.18. The van der Waals surface area contributed by atoms with Gasteiger partial charge in [0, 0.05) is 11.8 Å². The Hall–Kier alpha value is -0.900. The quantitative estimate of drug-likeness (QED) is 0.875. The molecule has 1 saturated carbocycles. The first kappa shape index (κ1) is 12.2. The molecule has 3 rings (SSSR count). The van der Waals surface area contributed by atoms with Gasteiger partial charge in [-0.15, -0.1) is 0 Å². The monoisotopic (exact) mass is 249 g/mol. The van der Waals surface area contributed by atoms with Crippen LogP contribution in [0.15, 0.2) is 4.52 Å². The fourth-order valence-electron chi connectivity index (χ4n) is 3.42. The van der Waals surface area contributed by atoms with Gasteiger partial charge in [-0.25, -0.2) is 0 Å². The lowest BCUT2D eigenvalue weighted by Gasteiger charge is -2.23. The van der Waals surface area contributed by atoms with E-state index in [2.05, 4.69) is 24.3 Å². The van der Waals surface area contributed by atoms with Gasteiger partial charge in [-0.3, -0.25) is 0 Å². The highest BCUT2D eigenvalue weighted by Gasteiger charge is 2.39. The summed E-state index contributed by atoms with van der Waals surface area (Å²) in [5.41, 5.74) is 0.317. The Kier molecular flexibility index (Phi) is 3.14. The molecule has 2 fully saturated rings. The minimum Gasteiger partial charge on any atom is -0.339 e. The molecule has 4 heteroatoms. The lowest BCUT2D eigenvalue weighted by molar-refractivity contribution is 0.259. The Morgan fingerprint density at radius 1 is 1.22 bits per heavy atom. The third-order valence-electron chi connectivity index (χ3n) is 4.72. The van der Waals surface area contributed by atoms with Crippen LogP contribution in [0.1, 0.15) is 69.5 Å². The minimum atomic E-state index is 0.317. The van der Waals surface area contributed by atoms with Crippen LogP contribution in [0.4, 0.5) is 0 Å². The van der Waals surface area contributed by atoms with Crippen molar-refractivity contribution in [1.29, 1.82) is 0 Å². The molecule has 1 unspecified atom stereocenters. The average molecular weight is 249 g/mol. The standard InChI is InChI=1S/C14H23N3O/c1-14(2)7-3-4-11(14)13-16-12(17-18-13)10-5-8-15-9-6-10/h10-11,15H,3-9H2,1-2H3. The Labute approximate surface area is 109 Å². The van der Waals surface area contributed by atoms with E-state index in [4.69, 9.17) is 9.51 Å². The van der Waals surface area contributed by atoms with E-state index in [-0.39, 0.29) is 0 Å². The van der Waals surface area contributed by atoms with E-state index < -0.39 is 0 Å². The number of rotatable bonds is 2. The molecular formula is C14H23N3O. The fraction of sp³-hybridized carbons (Fsp3) is 0.857. The van der Waals surface area contributed by atoms with E-state index in [0.717, 1.165) is 37.6 Å². The predicted molar refractivity (Wildman–Crippen MR) is 69.5 cm³/mol. The Morgan fingerprint density at radius 2 is 2.00 bits per heavy atom. The van der Waals surface area contributed by atoms with Crippen molar-refractivity contribution in [2.24, 2.45) is 5.41 Å². The van der Waals surface area contributed by atoms with Gasteiger partial charge in [0.05, 0.1) is 0 Å². The van der Waals surface area contributed by atoms with Crippen LogP contribution >= 0.6 is 0 Å². The fourth-order valence-corrected chi connectivity index (χ4v) is 3.42. The lowest BCUT2D eigenvalue weighted by atomic mass is 9.82. The molecule has 1 aromatic rings. The molecule has 2 aliphatic rings. The number of nitrogens with zero attached hydrogens (tertiary/aromatic N) is 2. The van der Waals surface area contributed by atoms with E-state index in [1.807, 2.05) is 0 Å². The molecule has 2 heterocycles. The molecule has 0 spiro atoms. The smallest absolute Gasteiger partial charge is 0.230 e. The van der Waals surface area contributed by atoms with Crippen LogP contribution in [0.5, 0.6) is 0 Å². The summed E-state index contributed by atoms with van der Waals surface area (Å²) in [4.78, 5) is 4.71. The Morgan fingerprint density at radius 3 is 2.67 bits per heavy atom. The molecule has 0 aromatic carbocycles. The van der Waals surface area contributed by atoms with Gasteiger partial charge in [-0.05, 0) is 44.2 Å². The summed E-state index contributed by atoms with van der Waals surface area (Å²) < 4.78 is 5.56. The zero-order valence-corrected chi connectivity index (χ0v) is 11.4. The van der Waals surface area contributed by atoms with E-state index in [1.165, 1.54) is 19.3 Å². The minimum absolute atomic E-state index is 0.317. The molecule has 0 radical (unpaired) electrons. The molecule has 1 aliphatic heterocycles. The molecule has 0 amide bonds. The molecule has 1 N–H and O–H groups in total. The van der Waals surface area contributed by atoms with Crippen molar-refractivity contribution < 1.29 is 4.52 Å². The van der Waals surface area contributed by atoms with E-state index in [1.54, 1.807) is 0 Å². The maximum absolute atomic E-state index is 5.56.